The van der Waals surface area contributed by atoms with Gasteiger partial charge in [-0.1, -0.05) is 95.6 Å². The Labute approximate surface area is 189 Å². The van der Waals surface area contributed by atoms with Crippen LogP contribution in [0.5, 0.6) is 0 Å². The van der Waals surface area contributed by atoms with Crippen LogP contribution < -0.4 is 0 Å². The van der Waals surface area contributed by atoms with Gasteiger partial charge in [-0.25, -0.2) is 0 Å². The maximum absolute atomic E-state index is 12.9. The van der Waals surface area contributed by atoms with Crippen molar-refractivity contribution in [2.75, 3.05) is 0 Å². The van der Waals surface area contributed by atoms with Gasteiger partial charge >= 0.3 is 5.97 Å². The zero-order valence-corrected chi connectivity index (χ0v) is 20.0. The Kier molecular flexibility index (Phi) is 8.35. The molecule has 168 valence electrons. The normalized spacial score (nSPS) is 23.4. The molecule has 3 rings (SSSR count). The Hall–Kier alpha value is -2.09. The van der Waals surface area contributed by atoms with E-state index in [-0.39, 0.29) is 18.0 Å². The Balaban J connectivity index is 1.51. The summed E-state index contributed by atoms with van der Waals surface area (Å²) < 4.78 is 6.07. The zero-order chi connectivity index (χ0) is 22.4. The maximum Gasteiger partial charge on any atom is 0.308 e. The molecule has 0 heterocycles. The van der Waals surface area contributed by atoms with Gasteiger partial charge in [0.2, 0.25) is 0 Å². The molecule has 5 atom stereocenters. The number of benzene rings is 2. The molecule has 0 amide bonds. The van der Waals surface area contributed by atoms with Gasteiger partial charge in [0, 0.05) is 0 Å². The van der Waals surface area contributed by atoms with E-state index in [1.54, 1.807) is 0 Å². The third-order valence-corrected chi connectivity index (χ3v) is 7.03. The average molecular weight is 421 g/mol. The summed E-state index contributed by atoms with van der Waals surface area (Å²) in [6.07, 6.45) is 5.41. The number of hydrogen-bond acceptors (Lipinski definition) is 2. The number of hydrogen-bond donors (Lipinski definition) is 0. The quantitative estimate of drug-likeness (QED) is 0.412. The highest BCUT2D eigenvalue weighted by Crippen LogP contribution is 2.36. The van der Waals surface area contributed by atoms with Gasteiger partial charge in [0.05, 0.1) is 5.92 Å². The predicted octanol–water partition coefficient (Wildman–Crippen LogP) is 7.56. The van der Waals surface area contributed by atoms with Crippen molar-refractivity contribution in [1.82, 2.24) is 0 Å². The molecule has 0 spiro atoms. The molecule has 2 heteroatoms. The first-order chi connectivity index (χ1) is 14.8. The van der Waals surface area contributed by atoms with Crippen LogP contribution in [0, 0.1) is 29.6 Å². The second-order valence-corrected chi connectivity index (χ2v) is 10.3. The number of rotatable bonds is 8. The first kappa shape index (κ1) is 23.6. The van der Waals surface area contributed by atoms with Crippen LogP contribution in [0.2, 0.25) is 0 Å². The molecular formula is C29H40O2. The summed E-state index contributed by atoms with van der Waals surface area (Å²) in [5, 5.41) is 0. The first-order valence-corrected chi connectivity index (χ1v) is 12.2. The van der Waals surface area contributed by atoms with Gasteiger partial charge in [-0.15, -0.1) is 0 Å². The molecule has 0 radical (unpaired) electrons. The van der Waals surface area contributed by atoms with Gasteiger partial charge in [-0.05, 0) is 66.0 Å². The van der Waals surface area contributed by atoms with Gasteiger partial charge in [0.25, 0.3) is 0 Å². The standard InChI is InChI=1S/C29H40O2/c1-20(2)27-16-11-21(3)19-28(27)31-29(30)23(5)17-22(4)18-24-12-14-26(15-13-24)25-9-7-6-8-10-25/h6-10,12-15,20-23,27-28H,11,16-19H2,1-5H3/t21-,22-,23+,27+,28-/m1/s1. The summed E-state index contributed by atoms with van der Waals surface area (Å²) in [5.41, 5.74) is 3.82. The molecule has 0 unspecified atom stereocenters. The molecule has 2 nitrogen and oxygen atoms in total. The fourth-order valence-electron chi connectivity index (χ4n) is 5.16. The smallest absolute Gasteiger partial charge is 0.308 e. The molecule has 0 saturated heterocycles. The highest BCUT2D eigenvalue weighted by atomic mass is 16.5. The van der Waals surface area contributed by atoms with Crippen molar-refractivity contribution >= 4 is 5.97 Å². The van der Waals surface area contributed by atoms with Gasteiger partial charge in [0.15, 0.2) is 0 Å². The molecule has 0 aromatic heterocycles. The van der Waals surface area contributed by atoms with E-state index in [1.165, 1.54) is 29.5 Å². The van der Waals surface area contributed by atoms with Gasteiger partial charge in [0.1, 0.15) is 6.10 Å². The summed E-state index contributed by atoms with van der Waals surface area (Å²) in [7, 11) is 0. The van der Waals surface area contributed by atoms with Gasteiger partial charge < -0.3 is 4.74 Å². The van der Waals surface area contributed by atoms with Crippen LogP contribution in [-0.2, 0) is 16.0 Å². The van der Waals surface area contributed by atoms with E-state index in [9.17, 15) is 4.79 Å². The zero-order valence-electron chi connectivity index (χ0n) is 20.0. The van der Waals surface area contributed by atoms with Crippen molar-refractivity contribution in [3.05, 3.63) is 60.2 Å². The van der Waals surface area contributed by atoms with E-state index in [0.29, 0.717) is 23.7 Å². The largest absolute Gasteiger partial charge is 0.462 e. The molecule has 0 aliphatic heterocycles. The third-order valence-electron chi connectivity index (χ3n) is 7.03. The minimum atomic E-state index is -0.0522. The van der Waals surface area contributed by atoms with E-state index in [4.69, 9.17) is 4.74 Å². The van der Waals surface area contributed by atoms with E-state index in [0.717, 1.165) is 19.3 Å². The SMILES string of the molecule is CC(C)[C@@H]1CC[C@@H](C)C[C@H]1OC(=O)[C@@H](C)C[C@@H](C)Cc1ccc(-c2ccccc2)cc1. The Morgan fingerprint density at radius 2 is 1.58 bits per heavy atom. The number of carbonyl (C=O) groups is 1. The molecule has 31 heavy (non-hydrogen) atoms. The molecule has 1 aliphatic rings. The van der Waals surface area contributed by atoms with Crippen LogP contribution >= 0.6 is 0 Å². The Morgan fingerprint density at radius 1 is 0.935 bits per heavy atom. The minimum absolute atomic E-state index is 0.00368. The summed E-state index contributed by atoms with van der Waals surface area (Å²) in [6, 6.07) is 19.3. The van der Waals surface area contributed by atoms with Crippen LogP contribution in [0.1, 0.15) is 65.9 Å². The number of esters is 1. The second-order valence-electron chi connectivity index (χ2n) is 10.3. The Morgan fingerprint density at radius 3 is 2.23 bits per heavy atom. The summed E-state index contributed by atoms with van der Waals surface area (Å²) in [4.78, 5) is 12.9. The molecule has 0 bridgehead atoms. The van der Waals surface area contributed by atoms with Crippen molar-refractivity contribution in [2.24, 2.45) is 29.6 Å². The fourth-order valence-corrected chi connectivity index (χ4v) is 5.16. The average Bonchev–Trinajstić information content (AvgIpc) is 2.74. The summed E-state index contributed by atoms with van der Waals surface area (Å²) in [5.74, 6) is 2.11. The molecular weight excluding hydrogens is 380 g/mol. The fraction of sp³-hybridized carbons (Fsp3) is 0.552. The van der Waals surface area contributed by atoms with E-state index < -0.39 is 0 Å². The first-order valence-electron chi connectivity index (χ1n) is 12.2. The van der Waals surface area contributed by atoms with Crippen molar-refractivity contribution < 1.29 is 9.53 Å². The topological polar surface area (TPSA) is 26.3 Å². The van der Waals surface area contributed by atoms with E-state index in [1.807, 2.05) is 13.0 Å². The molecule has 1 fully saturated rings. The summed E-state index contributed by atoms with van der Waals surface area (Å²) in [6.45, 7) is 11.1. The van der Waals surface area contributed by atoms with Crippen molar-refractivity contribution in [3.63, 3.8) is 0 Å². The van der Waals surface area contributed by atoms with Crippen molar-refractivity contribution in [2.45, 2.75) is 72.8 Å². The van der Waals surface area contributed by atoms with Gasteiger partial charge in [-0.2, -0.15) is 0 Å². The molecule has 2 aromatic rings. The number of ether oxygens (including phenoxy) is 1. The van der Waals surface area contributed by atoms with E-state index in [2.05, 4.69) is 76.2 Å². The lowest BCUT2D eigenvalue weighted by molar-refractivity contribution is -0.161. The lowest BCUT2D eigenvalue weighted by Gasteiger charge is -2.37. The lowest BCUT2D eigenvalue weighted by Crippen LogP contribution is -2.37. The molecule has 1 saturated carbocycles. The van der Waals surface area contributed by atoms with Gasteiger partial charge in [-0.3, -0.25) is 4.79 Å². The molecule has 1 aliphatic carbocycles. The number of carbonyl (C=O) groups excluding carboxylic acids is 1. The van der Waals surface area contributed by atoms with Crippen LogP contribution in [0.4, 0.5) is 0 Å². The summed E-state index contributed by atoms with van der Waals surface area (Å²) >= 11 is 0. The molecule has 2 aromatic carbocycles. The minimum Gasteiger partial charge on any atom is -0.462 e. The highest BCUT2D eigenvalue weighted by molar-refractivity contribution is 5.72. The highest BCUT2D eigenvalue weighted by Gasteiger charge is 2.34. The van der Waals surface area contributed by atoms with Crippen molar-refractivity contribution in [3.8, 4) is 11.1 Å². The Bertz CT molecular complexity index is 808. The second kappa shape index (κ2) is 11.0. The predicted molar refractivity (Wildman–Crippen MR) is 130 cm³/mol. The van der Waals surface area contributed by atoms with Crippen LogP contribution in [-0.4, -0.2) is 12.1 Å². The third kappa shape index (κ3) is 6.69. The van der Waals surface area contributed by atoms with Crippen LogP contribution in [0.25, 0.3) is 11.1 Å². The van der Waals surface area contributed by atoms with Crippen molar-refractivity contribution in [1.29, 1.82) is 0 Å². The van der Waals surface area contributed by atoms with E-state index >= 15 is 0 Å². The monoisotopic (exact) mass is 420 g/mol. The maximum atomic E-state index is 12.9. The van der Waals surface area contributed by atoms with Crippen LogP contribution in [0.3, 0.4) is 0 Å². The lowest BCUT2D eigenvalue weighted by atomic mass is 9.75. The van der Waals surface area contributed by atoms with Crippen LogP contribution in [0.15, 0.2) is 54.6 Å². The molecule has 0 N–H and O–H groups in total.